The molecule has 2 aromatic rings. The molecular weight excluding hydrogens is 324 g/mol. The number of carbonyl (C=O) groups is 1. The highest BCUT2D eigenvalue weighted by Gasteiger charge is 2.17. The Morgan fingerprint density at radius 3 is 2.79 bits per heavy atom. The Bertz CT molecular complexity index is 729. The van der Waals surface area contributed by atoms with Crippen molar-refractivity contribution in [2.24, 2.45) is 0 Å². The minimum Gasteiger partial charge on any atom is -0.348 e. The largest absolute Gasteiger partial charge is 0.348 e. The smallest absolute Gasteiger partial charge is 0.270 e. The van der Waals surface area contributed by atoms with Crippen molar-refractivity contribution in [1.82, 2.24) is 15.3 Å². The third kappa shape index (κ3) is 4.23. The normalized spacial score (nSPS) is 15.1. The van der Waals surface area contributed by atoms with Gasteiger partial charge in [0.05, 0.1) is 0 Å². The molecule has 0 atom stereocenters. The van der Waals surface area contributed by atoms with Crippen LogP contribution < -0.4 is 10.6 Å². The molecule has 1 amide bonds. The Morgan fingerprint density at radius 1 is 1.21 bits per heavy atom. The lowest BCUT2D eigenvalue weighted by atomic mass is 9.95. The van der Waals surface area contributed by atoms with Crippen LogP contribution in [0.3, 0.4) is 0 Å². The molecule has 0 aliphatic heterocycles. The van der Waals surface area contributed by atoms with Gasteiger partial charge in [-0.1, -0.05) is 36.9 Å². The van der Waals surface area contributed by atoms with Crippen LogP contribution in [-0.4, -0.2) is 21.9 Å². The molecule has 0 saturated heterocycles. The van der Waals surface area contributed by atoms with Crippen LogP contribution >= 0.6 is 11.6 Å². The van der Waals surface area contributed by atoms with Crippen LogP contribution in [0.4, 0.5) is 11.6 Å². The first kappa shape index (κ1) is 16.7. The van der Waals surface area contributed by atoms with E-state index in [1.807, 2.05) is 25.1 Å². The molecule has 3 rings (SSSR count). The van der Waals surface area contributed by atoms with E-state index in [4.69, 9.17) is 11.6 Å². The molecule has 0 spiro atoms. The monoisotopic (exact) mass is 344 g/mol. The van der Waals surface area contributed by atoms with Crippen LogP contribution in [0.15, 0.2) is 30.5 Å². The maximum Gasteiger partial charge on any atom is 0.270 e. The van der Waals surface area contributed by atoms with Gasteiger partial charge in [-0.15, -0.1) is 0 Å². The Morgan fingerprint density at radius 2 is 2.00 bits per heavy atom. The van der Waals surface area contributed by atoms with Crippen LogP contribution in [0.2, 0.25) is 5.02 Å². The highest BCUT2D eigenvalue weighted by atomic mass is 35.5. The molecule has 1 aromatic carbocycles. The average Bonchev–Trinajstić information content (AvgIpc) is 2.59. The van der Waals surface area contributed by atoms with Crippen LogP contribution in [-0.2, 0) is 0 Å². The summed E-state index contributed by atoms with van der Waals surface area (Å²) in [6.45, 7) is 1.97. The topological polar surface area (TPSA) is 66.9 Å². The molecule has 5 nitrogen and oxygen atoms in total. The van der Waals surface area contributed by atoms with Crippen molar-refractivity contribution in [3.8, 4) is 0 Å². The summed E-state index contributed by atoms with van der Waals surface area (Å²) >= 11 is 6.03. The van der Waals surface area contributed by atoms with E-state index in [-0.39, 0.29) is 11.9 Å². The Balaban J connectivity index is 1.71. The number of nitrogens with zero attached hydrogens (tertiary/aromatic N) is 2. The molecule has 0 bridgehead atoms. The molecule has 24 heavy (non-hydrogen) atoms. The van der Waals surface area contributed by atoms with Crippen LogP contribution in [0, 0.1) is 6.92 Å². The fraction of sp³-hybridized carbons (Fsp3) is 0.389. The fourth-order valence-corrected chi connectivity index (χ4v) is 3.07. The van der Waals surface area contributed by atoms with Gasteiger partial charge in [0.15, 0.2) is 0 Å². The summed E-state index contributed by atoms with van der Waals surface area (Å²) < 4.78 is 0. The van der Waals surface area contributed by atoms with Crippen molar-refractivity contribution < 1.29 is 4.79 Å². The highest BCUT2D eigenvalue weighted by molar-refractivity contribution is 6.30. The first-order chi connectivity index (χ1) is 11.6. The SMILES string of the molecule is Cc1ccc(Cl)cc1Nc1nccc(C(=O)NC2CCCCC2)n1. The van der Waals surface area contributed by atoms with Crippen molar-refractivity contribution in [3.63, 3.8) is 0 Å². The number of hydrogen-bond acceptors (Lipinski definition) is 4. The number of aromatic nitrogens is 2. The zero-order valence-corrected chi connectivity index (χ0v) is 14.4. The maximum atomic E-state index is 12.4. The van der Waals surface area contributed by atoms with Gasteiger partial charge in [0.2, 0.25) is 5.95 Å². The zero-order valence-electron chi connectivity index (χ0n) is 13.7. The summed E-state index contributed by atoms with van der Waals surface area (Å²) in [6.07, 6.45) is 7.29. The first-order valence-corrected chi connectivity index (χ1v) is 8.67. The van der Waals surface area contributed by atoms with E-state index < -0.39 is 0 Å². The average molecular weight is 345 g/mol. The lowest BCUT2D eigenvalue weighted by Crippen LogP contribution is -2.36. The molecule has 1 aliphatic rings. The van der Waals surface area contributed by atoms with Crippen molar-refractivity contribution in [2.75, 3.05) is 5.32 Å². The van der Waals surface area contributed by atoms with Gasteiger partial charge < -0.3 is 10.6 Å². The van der Waals surface area contributed by atoms with Crippen LogP contribution in [0.25, 0.3) is 0 Å². The van der Waals surface area contributed by atoms with Gasteiger partial charge in [-0.25, -0.2) is 9.97 Å². The number of nitrogens with one attached hydrogen (secondary N) is 2. The van der Waals surface area contributed by atoms with Gasteiger partial charge in [0.1, 0.15) is 5.69 Å². The summed E-state index contributed by atoms with van der Waals surface area (Å²) in [6, 6.07) is 7.46. The van der Waals surface area contributed by atoms with Gasteiger partial charge >= 0.3 is 0 Å². The number of aryl methyl sites for hydroxylation is 1. The first-order valence-electron chi connectivity index (χ1n) is 8.29. The number of rotatable bonds is 4. The van der Waals surface area contributed by atoms with E-state index in [2.05, 4.69) is 20.6 Å². The Kier molecular flexibility index (Phi) is 5.30. The summed E-state index contributed by atoms with van der Waals surface area (Å²) in [5.74, 6) is 0.242. The minimum atomic E-state index is -0.143. The third-order valence-electron chi connectivity index (χ3n) is 4.27. The van der Waals surface area contributed by atoms with Crippen molar-refractivity contribution in [3.05, 3.63) is 46.7 Å². The molecular formula is C18H21ClN4O. The lowest BCUT2D eigenvalue weighted by molar-refractivity contribution is 0.0922. The van der Waals surface area contributed by atoms with Crippen molar-refractivity contribution in [1.29, 1.82) is 0 Å². The zero-order chi connectivity index (χ0) is 16.9. The number of anilines is 2. The second-order valence-corrected chi connectivity index (χ2v) is 6.59. The molecule has 6 heteroatoms. The van der Waals surface area contributed by atoms with E-state index in [1.54, 1.807) is 12.3 Å². The minimum absolute atomic E-state index is 0.143. The highest BCUT2D eigenvalue weighted by Crippen LogP contribution is 2.22. The molecule has 1 aromatic heterocycles. The van der Waals surface area contributed by atoms with Crippen molar-refractivity contribution in [2.45, 2.75) is 45.1 Å². The van der Waals surface area contributed by atoms with E-state index in [0.29, 0.717) is 16.7 Å². The second kappa shape index (κ2) is 7.62. The van der Waals surface area contributed by atoms with Crippen LogP contribution in [0.5, 0.6) is 0 Å². The summed E-state index contributed by atoms with van der Waals surface area (Å²) in [7, 11) is 0. The van der Waals surface area contributed by atoms with E-state index >= 15 is 0 Å². The number of halogens is 1. The van der Waals surface area contributed by atoms with Gasteiger partial charge in [-0.3, -0.25) is 4.79 Å². The van der Waals surface area contributed by atoms with Gasteiger partial charge in [-0.05, 0) is 43.5 Å². The third-order valence-corrected chi connectivity index (χ3v) is 4.51. The quantitative estimate of drug-likeness (QED) is 0.870. The second-order valence-electron chi connectivity index (χ2n) is 6.16. The molecule has 126 valence electrons. The number of amides is 1. The van der Waals surface area contributed by atoms with E-state index in [0.717, 1.165) is 24.1 Å². The molecule has 1 saturated carbocycles. The molecule has 1 heterocycles. The molecule has 2 N–H and O–H groups in total. The number of benzene rings is 1. The predicted octanol–water partition coefficient (Wildman–Crippen LogP) is 4.24. The molecule has 1 aliphatic carbocycles. The molecule has 0 unspecified atom stereocenters. The predicted molar refractivity (Wildman–Crippen MR) is 95.8 cm³/mol. The van der Waals surface area contributed by atoms with Gasteiger partial charge in [0.25, 0.3) is 5.91 Å². The number of hydrogen-bond donors (Lipinski definition) is 2. The van der Waals surface area contributed by atoms with E-state index in [9.17, 15) is 4.79 Å². The lowest BCUT2D eigenvalue weighted by Gasteiger charge is -2.22. The standard InChI is InChI=1S/C18H21ClN4O/c1-12-7-8-13(19)11-16(12)23-18-20-10-9-15(22-18)17(24)21-14-5-3-2-4-6-14/h7-11,14H,2-6H2,1H3,(H,21,24)(H,20,22,23). The fourth-order valence-electron chi connectivity index (χ4n) is 2.90. The molecule has 0 radical (unpaired) electrons. The van der Waals surface area contributed by atoms with Crippen LogP contribution in [0.1, 0.15) is 48.2 Å². The van der Waals surface area contributed by atoms with Gasteiger partial charge in [0, 0.05) is 22.9 Å². The molecule has 1 fully saturated rings. The summed E-state index contributed by atoms with van der Waals surface area (Å²) in [4.78, 5) is 20.9. The number of carbonyl (C=O) groups excluding carboxylic acids is 1. The van der Waals surface area contributed by atoms with E-state index in [1.165, 1.54) is 19.3 Å². The summed E-state index contributed by atoms with van der Waals surface area (Å²) in [5, 5.41) is 6.83. The Hall–Kier alpha value is -2.14. The summed E-state index contributed by atoms with van der Waals surface area (Å²) in [5.41, 5.74) is 2.23. The Labute approximate surface area is 146 Å². The maximum absolute atomic E-state index is 12.4. The van der Waals surface area contributed by atoms with Gasteiger partial charge in [-0.2, -0.15) is 0 Å². The van der Waals surface area contributed by atoms with Crippen molar-refractivity contribution >= 4 is 29.1 Å².